The lowest BCUT2D eigenvalue weighted by Crippen LogP contribution is -2.76. The number of nitrogens with zero attached hydrogens (tertiary/aromatic N) is 6. The van der Waals surface area contributed by atoms with E-state index in [0.717, 1.165) is 11.3 Å². The smallest absolute Gasteiger partial charge is 0.418 e. The van der Waals surface area contributed by atoms with E-state index in [0.29, 0.717) is 35.6 Å². The molecule has 4 heterocycles. The zero-order chi connectivity index (χ0) is 50.0. The quantitative estimate of drug-likeness (QED) is 0.0247. The zero-order valence-electron chi connectivity index (χ0n) is 39.1. The molecule has 1 aromatic carbocycles. The van der Waals surface area contributed by atoms with E-state index in [-0.39, 0.29) is 29.0 Å². The molecule has 2 saturated heterocycles. The average molecular weight is 984 g/mol. The average Bonchev–Trinajstić information content (AvgIpc) is 3.75. The first kappa shape index (κ1) is 52.3. The van der Waals surface area contributed by atoms with E-state index in [4.69, 9.17) is 23.8 Å². The number of hydroxylamine groups is 2. The van der Waals surface area contributed by atoms with Gasteiger partial charge in [-0.2, -0.15) is 18.2 Å². The van der Waals surface area contributed by atoms with Crippen molar-refractivity contribution in [3.05, 3.63) is 35.5 Å². The number of aliphatic hydroxyl groups is 2. The number of β-lactam (4-membered cyclic amide) rings is 1. The van der Waals surface area contributed by atoms with Crippen molar-refractivity contribution in [3.63, 3.8) is 0 Å². The molecule has 24 nitrogen and oxygen atoms in total. The van der Waals surface area contributed by atoms with Gasteiger partial charge in [0.15, 0.2) is 10.8 Å². The van der Waals surface area contributed by atoms with Gasteiger partial charge >= 0.3 is 28.6 Å². The largest absolute Gasteiger partial charge is 0.489 e. The topological polar surface area (TPSA) is 300 Å². The fourth-order valence-corrected chi connectivity index (χ4v) is 7.75. The highest BCUT2D eigenvalue weighted by molar-refractivity contribution is 7.80. The van der Waals surface area contributed by atoms with Crippen molar-refractivity contribution in [2.45, 2.75) is 130 Å². The molecule has 5 rings (SSSR count). The predicted molar refractivity (Wildman–Crippen MR) is 237 cm³/mol. The first-order valence-corrected chi connectivity index (χ1v) is 23.2. The summed E-state index contributed by atoms with van der Waals surface area (Å²) in [4.78, 5) is 77.1. The van der Waals surface area contributed by atoms with Crippen LogP contribution in [0, 0.1) is 5.92 Å². The van der Waals surface area contributed by atoms with Crippen molar-refractivity contribution in [3.8, 4) is 5.75 Å². The van der Waals surface area contributed by atoms with Crippen LogP contribution in [0.1, 0.15) is 81.9 Å². The van der Waals surface area contributed by atoms with E-state index in [9.17, 15) is 47.2 Å². The summed E-state index contributed by atoms with van der Waals surface area (Å²) in [7, 11) is -5.11. The number of esters is 1. The van der Waals surface area contributed by atoms with Gasteiger partial charge < -0.3 is 44.2 Å². The van der Waals surface area contributed by atoms with E-state index in [2.05, 4.69) is 25.1 Å². The summed E-state index contributed by atoms with van der Waals surface area (Å²) in [6.07, 6.45) is -2.16. The number of fused-ring (bicyclic) bond motifs is 1. The lowest BCUT2D eigenvalue weighted by atomic mass is 9.84. The minimum absolute atomic E-state index is 0.0311. The van der Waals surface area contributed by atoms with E-state index in [1.54, 1.807) is 90.1 Å². The number of hydrogen-bond acceptors (Lipinski definition) is 18. The number of nitrogens with one attached hydrogen (secondary N) is 2. The Labute approximate surface area is 390 Å². The molecule has 3 aromatic rings. The number of oxime groups is 1. The third-order valence-electron chi connectivity index (χ3n) is 9.56. The van der Waals surface area contributed by atoms with Gasteiger partial charge in [-0.1, -0.05) is 5.16 Å². The lowest BCUT2D eigenvalue weighted by Gasteiger charge is -2.50. The second kappa shape index (κ2) is 19.9. The van der Waals surface area contributed by atoms with Crippen molar-refractivity contribution < 1.29 is 79.9 Å². The maximum Gasteiger partial charge on any atom is 0.418 e. The molecule has 0 aliphatic carbocycles. The summed E-state index contributed by atoms with van der Waals surface area (Å²) in [5.74, 6) is -2.76. The monoisotopic (exact) mass is 983 g/mol. The molecule has 0 bridgehead atoms. The third-order valence-corrected chi connectivity index (χ3v) is 10.7. The van der Waals surface area contributed by atoms with Gasteiger partial charge in [-0.05, 0) is 88.3 Å². The first-order valence-electron chi connectivity index (χ1n) is 21.0. The Morgan fingerprint density at radius 3 is 2.24 bits per heavy atom. The number of benzene rings is 1. The van der Waals surface area contributed by atoms with Crippen molar-refractivity contribution >= 4 is 73.5 Å². The fraction of sp³-hybridized carbons (Fsp3) is 0.610. The zero-order valence-corrected chi connectivity index (χ0v) is 40.7. The SMILES string of the molecule is CC(C)(C)OC(=O)Nc1nc(/C(=N/O[C@@H](COc2ccc3c(c2)cn(CC2CN(C(=O)OC(C)(C)C)C2)[n+]3CC(O)CO)C(=O)OC(C)(C)C)C(=O)N[C@@H]2C(=O)N(OS(=O)(=O)O)C2(C)C)cs1. The minimum atomic E-state index is -5.11. The number of hydrogen-bond donors (Lipinski definition) is 5. The molecule has 0 radical (unpaired) electrons. The Hall–Kier alpha value is -5.67. The standard InChI is InChI=1S/C41H58N8O16S2/c1-38(2,3)61-34(54)29(21-60-26-12-13-28-24(14-26)18-47(48(28)19-25(51)20-50)17-23-15-46(16-23)37(56)63-40(7,8)9)64-45-30(27-22-66-35(42-27)44-36(55)62-39(4,5)6)32(52)43-31-33(53)49(41(31,10)11)65-67(57,58)59/h12-14,18,22-23,25,29,31,50-51H,15-17,19-21H2,1-11H3,(H2-,42,43,44,52,55,57,58,59)/p+1/b45-30-/t25?,29-,31+/m0/s1. The molecule has 4 amide bonds. The van der Waals surface area contributed by atoms with Gasteiger partial charge in [0.05, 0.1) is 30.3 Å². The van der Waals surface area contributed by atoms with Crippen LogP contribution in [-0.2, 0) is 61.2 Å². The third kappa shape index (κ3) is 14.2. The van der Waals surface area contributed by atoms with Crippen LogP contribution in [-0.4, -0.2) is 145 Å². The lowest BCUT2D eigenvalue weighted by molar-refractivity contribution is -0.759. The summed E-state index contributed by atoms with van der Waals surface area (Å²) in [6, 6.07) is 3.58. The first-order chi connectivity index (χ1) is 30.8. The van der Waals surface area contributed by atoms with Crippen LogP contribution in [0.5, 0.6) is 5.75 Å². The number of carbonyl (C=O) groups is 5. The van der Waals surface area contributed by atoms with Crippen LogP contribution in [0.3, 0.4) is 0 Å². The van der Waals surface area contributed by atoms with Crippen LogP contribution in [0.15, 0.2) is 34.9 Å². The van der Waals surface area contributed by atoms with Gasteiger partial charge in [-0.15, -0.1) is 20.3 Å². The molecule has 2 aliphatic heterocycles. The summed E-state index contributed by atoms with van der Waals surface area (Å²) in [6.45, 7) is 18.3. The van der Waals surface area contributed by atoms with Gasteiger partial charge in [0, 0.05) is 30.5 Å². The number of rotatable bonds is 17. The van der Waals surface area contributed by atoms with Crippen LogP contribution in [0.2, 0.25) is 0 Å². The minimum Gasteiger partial charge on any atom is -0.489 e. The van der Waals surface area contributed by atoms with Crippen LogP contribution in [0.25, 0.3) is 10.9 Å². The molecule has 5 N–H and O–H groups in total. The summed E-state index contributed by atoms with van der Waals surface area (Å²) < 4.78 is 62.4. The van der Waals surface area contributed by atoms with Crippen LogP contribution < -0.4 is 20.1 Å². The van der Waals surface area contributed by atoms with Crippen molar-refractivity contribution in [2.75, 3.05) is 31.6 Å². The maximum absolute atomic E-state index is 14.0. The van der Waals surface area contributed by atoms with Crippen molar-refractivity contribution in [1.82, 2.24) is 24.9 Å². The highest BCUT2D eigenvalue weighted by atomic mass is 32.3. The number of carbonyl (C=O) groups excluding carboxylic acids is 5. The molecule has 3 atom stereocenters. The molecule has 67 heavy (non-hydrogen) atoms. The number of aromatic nitrogens is 3. The van der Waals surface area contributed by atoms with Gasteiger partial charge in [0.25, 0.3) is 17.9 Å². The summed E-state index contributed by atoms with van der Waals surface area (Å²) in [5, 5.41) is 31.3. The molecule has 370 valence electrons. The Morgan fingerprint density at radius 2 is 1.66 bits per heavy atom. The number of ether oxygens (including phenoxy) is 4. The number of anilines is 1. The normalized spacial score (nSPS) is 17.8. The van der Waals surface area contributed by atoms with Crippen LogP contribution >= 0.6 is 11.3 Å². The van der Waals surface area contributed by atoms with Crippen molar-refractivity contribution in [2.24, 2.45) is 11.1 Å². The van der Waals surface area contributed by atoms with Crippen molar-refractivity contribution in [1.29, 1.82) is 0 Å². The Bertz CT molecular complexity index is 2480. The number of amides is 4. The second-order valence-electron chi connectivity index (χ2n) is 19.4. The molecule has 0 saturated carbocycles. The number of thiazole rings is 1. The Morgan fingerprint density at radius 1 is 1.01 bits per heavy atom. The molecule has 1 unspecified atom stereocenters. The molecular weight excluding hydrogens is 925 g/mol. The second-order valence-corrected chi connectivity index (χ2v) is 21.2. The molecule has 2 aliphatic rings. The number of likely N-dealkylation sites (tertiary alicyclic amines) is 1. The van der Waals surface area contributed by atoms with E-state index >= 15 is 0 Å². The highest BCUT2D eigenvalue weighted by Gasteiger charge is 2.58. The van der Waals surface area contributed by atoms with Crippen LogP contribution in [0.4, 0.5) is 14.7 Å². The number of aliphatic hydroxyl groups excluding tert-OH is 2. The Kier molecular flexibility index (Phi) is 15.5. The summed E-state index contributed by atoms with van der Waals surface area (Å²) >= 11 is 0.874. The Balaban J connectivity index is 1.41. The van der Waals surface area contributed by atoms with E-state index in [1.807, 2.05) is 10.9 Å². The highest BCUT2D eigenvalue weighted by Crippen LogP contribution is 2.33. The van der Waals surface area contributed by atoms with Gasteiger partial charge in [0.2, 0.25) is 12.1 Å². The summed E-state index contributed by atoms with van der Waals surface area (Å²) in [5.41, 5.74) is -4.16. The fourth-order valence-electron chi connectivity index (χ4n) is 6.62. The molecule has 26 heteroatoms. The molecule has 2 aromatic heterocycles. The van der Waals surface area contributed by atoms with Gasteiger partial charge in [-0.3, -0.25) is 19.5 Å². The predicted octanol–water partition coefficient (Wildman–Crippen LogP) is 2.30. The van der Waals surface area contributed by atoms with Gasteiger partial charge in [0.1, 0.15) is 47.0 Å². The molecule has 0 spiro atoms. The maximum atomic E-state index is 14.0. The van der Waals surface area contributed by atoms with Gasteiger partial charge in [-0.25, -0.2) is 19.4 Å². The van der Waals surface area contributed by atoms with E-state index in [1.165, 1.54) is 19.2 Å². The molecular formula is C41H59N8O16S2+. The van der Waals surface area contributed by atoms with E-state index < -0.39 is 99.9 Å². The molecule has 2 fully saturated rings.